The predicted octanol–water partition coefficient (Wildman–Crippen LogP) is 1.34. The third-order valence-electron chi connectivity index (χ3n) is 2.23. The highest BCUT2D eigenvalue weighted by atomic mass is 19.1. The highest BCUT2D eigenvalue weighted by molar-refractivity contribution is 5.98. The minimum Gasteiger partial charge on any atom is -0.466 e. The molecule has 0 aliphatic heterocycles. The summed E-state index contributed by atoms with van der Waals surface area (Å²) in [5.41, 5.74) is -0.255. The van der Waals surface area contributed by atoms with E-state index in [4.69, 9.17) is 5.26 Å². The van der Waals surface area contributed by atoms with Crippen LogP contribution in [0.2, 0.25) is 0 Å². The van der Waals surface area contributed by atoms with Gasteiger partial charge >= 0.3 is 11.9 Å². The van der Waals surface area contributed by atoms with E-state index >= 15 is 0 Å². The highest BCUT2D eigenvalue weighted by Crippen LogP contribution is 2.18. The maximum atomic E-state index is 13.6. The fraction of sp³-hybridized carbons (Fsp3) is 0.154. The number of carbonyl (C=O) groups is 2. The summed E-state index contributed by atoms with van der Waals surface area (Å²) in [6, 6.07) is 5.37. The van der Waals surface area contributed by atoms with Crippen molar-refractivity contribution in [2.24, 2.45) is 0 Å². The van der Waals surface area contributed by atoms with E-state index in [1.54, 1.807) is 0 Å². The Hall–Kier alpha value is -2.88. The molecule has 0 bridgehead atoms. The molecule has 0 radical (unpaired) electrons. The molecule has 104 valence electrons. The molecule has 1 aromatic rings. The summed E-state index contributed by atoms with van der Waals surface area (Å²) in [7, 11) is 2.24. The van der Waals surface area contributed by atoms with Gasteiger partial charge in [0, 0.05) is 0 Å². The van der Waals surface area contributed by atoms with Crippen LogP contribution in [0.4, 0.5) is 10.1 Å². The molecule has 7 heteroatoms. The molecule has 0 amide bonds. The first-order valence-electron chi connectivity index (χ1n) is 5.36. The van der Waals surface area contributed by atoms with Gasteiger partial charge in [-0.3, -0.25) is 0 Å². The van der Waals surface area contributed by atoms with E-state index in [0.717, 1.165) is 26.4 Å². The zero-order valence-electron chi connectivity index (χ0n) is 10.8. The van der Waals surface area contributed by atoms with Crippen molar-refractivity contribution in [2.45, 2.75) is 0 Å². The van der Waals surface area contributed by atoms with Crippen molar-refractivity contribution >= 4 is 17.6 Å². The van der Waals surface area contributed by atoms with Crippen molar-refractivity contribution < 1.29 is 23.5 Å². The zero-order chi connectivity index (χ0) is 15.1. The fourth-order valence-corrected chi connectivity index (χ4v) is 1.27. The average Bonchev–Trinajstić information content (AvgIpc) is 2.47. The van der Waals surface area contributed by atoms with E-state index in [9.17, 15) is 14.0 Å². The number of benzene rings is 1. The van der Waals surface area contributed by atoms with Gasteiger partial charge in [-0.25, -0.2) is 14.0 Å². The molecule has 1 N–H and O–H groups in total. The number of rotatable bonds is 4. The van der Waals surface area contributed by atoms with Gasteiger partial charge in [-0.2, -0.15) is 5.26 Å². The van der Waals surface area contributed by atoms with Gasteiger partial charge in [0.2, 0.25) is 0 Å². The molecule has 1 rings (SSSR count). The number of hydrogen-bond donors (Lipinski definition) is 1. The summed E-state index contributed by atoms with van der Waals surface area (Å²) >= 11 is 0. The molecular weight excluding hydrogens is 267 g/mol. The van der Waals surface area contributed by atoms with Gasteiger partial charge in [-0.15, -0.1) is 0 Å². The topological polar surface area (TPSA) is 88.4 Å². The van der Waals surface area contributed by atoms with Crippen LogP contribution in [0.1, 0.15) is 5.56 Å². The van der Waals surface area contributed by atoms with E-state index in [2.05, 4.69) is 14.8 Å². The number of esters is 2. The van der Waals surface area contributed by atoms with Crippen molar-refractivity contribution in [1.82, 2.24) is 0 Å². The third-order valence-corrected chi connectivity index (χ3v) is 2.23. The van der Waals surface area contributed by atoms with Crippen molar-refractivity contribution in [2.75, 3.05) is 19.5 Å². The predicted molar refractivity (Wildman–Crippen MR) is 66.9 cm³/mol. The molecule has 0 fully saturated rings. The van der Waals surface area contributed by atoms with Crippen LogP contribution in [0.15, 0.2) is 30.0 Å². The smallest absolute Gasteiger partial charge is 0.354 e. The molecule has 0 saturated carbocycles. The average molecular weight is 278 g/mol. The zero-order valence-corrected chi connectivity index (χ0v) is 10.8. The summed E-state index contributed by atoms with van der Waals surface area (Å²) in [4.78, 5) is 22.6. The van der Waals surface area contributed by atoms with Gasteiger partial charge in [0.05, 0.1) is 37.6 Å². The van der Waals surface area contributed by atoms with Crippen molar-refractivity contribution in [3.63, 3.8) is 0 Å². The van der Waals surface area contributed by atoms with E-state index in [1.165, 1.54) is 12.1 Å². The first-order chi connectivity index (χ1) is 9.51. The molecule has 0 atom stereocenters. The lowest BCUT2D eigenvalue weighted by atomic mass is 10.2. The number of nitrogens with one attached hydrogen (secondary N) is 1. The molecule has 20 heavy (non-hydrogen) atoms. The second-order valence-electron chi connectivity index (χ2n) is 3.50. The SMILES string of the molecule is COC(=O)/C=C(/Nc1cc(C#N)ccc1F)C(=O)OC. The monoisotopic (exact) mass is 278 g/mol. The lowest BCUT2D eigenvalue weighted by Crippen LogP contribution is -2.16. The van der Waals surface area contributed by atoms with E-state index in [-0.39, 0.29) is 16.9 Å². The second kappa shape index (κ2) is 6.89. The van der Waals surface area contributed by atoms with Crippen LogP contribution in [0.5, 0.6) is 0 Å². The fourth-order valence-electron chi connectivity index (χ4n) is 1.27. The van der Waals surface area contributed by atoms with Crippen LogP contribution in [0.25, 0.3) is 0 Å². The highest BCUT2D eigenvalue weighted by Gasteiger charge is 2.15. The summed E-state index contributed by atoms with van der Waals surface area (Å²) in [5.74, 6) is -2.38. The van der Waals surface area contributed by atoms with Crippen molar-refractivity contribution in [3.05, 3.63) is 41.4 Å². The quantitative estimate of drug-likeness (QED) is 0.660. The Morgan fingerprint density at radius 3 is 2.60 bits per heavy atom. The molecule has 0 heterocycles. The van der Waals surface area contributed by atoms with Gasteiger partial charge in [-0.05, 0) is 18.2 Å². The second-order valence-corrected chi connectivity index (χ2v) is 3.50. The van der Waals surface area contributed by atoms with Gasteiger partial charge in [-0.1, -0.05) is 0 Å². The molecule has 0 aliphatic rings. The molecule has 0 spiro atoms. The number of anilines is 1. The summed E-state index contributed by atoms with van der Waals surface area (Å²) in [6.07, 6.45) is 0.824. The first-order valence-corrected chi connectivity index (χ1v) is 5.36. The standard InChI is InChI=1S/C13H11FN2O4/c1-19-12(17)6-11(13(18)20-2)16-10-5-8(7-15)3-4-9(10)14/h3-6,16H,1-2H3/b11-6+. The van der Waals surface area contributed by atoms with Crippen molar-refractivity contribution in [1.29, 1.82) is 5.26 Å². The number of nitriles is 1. The Morgan fingerprint density at radius 1 is 1.35 bits per heavy atom. The Bertz CT molecular complexity index is 605. The Morgan fingerprint density at radius 2 is 2.05 bits per heavy atom. The van der Waals surface area contributed by atoms with Crippen LogP contribution in [-0.4, -0.2) is 26.2 Å². The molecular formula is C13H11FN2O4. The number of methoxy groups -OCH3 is 2. The van der Waals surface area contributed by atoms with Gasteiger partial charge < -0.3 is 14.8 Å². The molecule has 0 aromatic heterocycles. The number of carbonyl (C=O) groups excluding carboxylic acids is 2. The van der Waals surface area contributed by atoms with E-state index in [0.29, 0.717) is 0 Å². The Balaban J connectivity index is 3.14. The minimum atomic E-state index is -0.878. The maximum Gasteiger partial charge on any atom is 0.354 e. The normalized spacial score (nSPS) is 10.4. The number of halogens is 1. The van der Waals surface area contributed by atoms with Crippen LogP contribution < -0.4 is 5.32 Å². The van der Waals surface area contributed by atoms with Crippen LogP contribution >= 0.6 is 0 Å². The van der Waals surface area contributed by atoms with E-state index < -0.39 is 17.8 Å². The van der Waals surface area contributed by atoms with Gasteiger partial charge in [0.15, 0.2) is 0 Å². The summed E-state index contributed by atoms with van der Waals surface area (Å²) in [6.45, 7) is 0. The Kier molecular flexibility index (Phi) is 5.23. The number of hydrogen-bond acceptors (Lipinski definition) is 6. The molecule has 1 aromatic carbocycles. The van der Waals surface area contributed by atoms with E-state index in [1.807, 2.05) is 6.07 Å². The number of nitrogens with zero attached hydrogens (tertiary/aromatic N) is 1. The minimum absolute atomic E-state index is 0.135. The van der Waals surface area contributed by atoms with Gasteiger partial charge in [0.25, 0.3) is 0 Å². The lowest BCUT2D eigenvalue weighted by Gasteiger charge is -2.10. The van der Waals surface area contributed by atoms with Gasteiger partial charge in [0.1, 0.15) is 11.5 Å². The largest absolute Gasteiger partial charge is 0.466 e. The van der Waals surface area contributed by atoms with Crippen molar-refractivity contribution in [3.8, 4) is 6.07 Å². The molecule has 0 aliphatic carbocycles. The molecule has 0 saturated heterocycles. The Labute approximate surface area is 114 Å². The summed E-state index contributed by atoms with van der Waals surface area (Å²) < 4.78 is 22.4. The number of ether oxygens (including phenoxy) is 2. The maximum absolute atomic E-state index is 13.6. The first kappa shape index (κ1) is 15.2. The summed E-state index contributed by atoms with van der Waals surface area (Å²) in [5, 5.41) is 11.1. The molecule has 6 nitrogen and oxygen atoms in total. The van der Waals surface area contributed by atoms with Crippen LogP contribution in [-0.2, 0) is 19.1 Å². The van der Waals surface area contributed by atoms with Crippen LogP contribution in [0.3, 0.4) is 0 Å². The van der Waals surface area contributed by atoms with Crippen LogP contribution in [0, 0.1) is 17.1 Å². The lowest BCUT2D eigenvalue weighted by molar-refractivity contribution is -0.138. The third kappa shape index (κ3) is 3.81. The molecule has 0 unspecified atom stereocenters.